The van der Waals surface area contributed by atoms with Crippen molar-refractivity contribution in [1.29, 1.82) is 0 Å². The fourth-order valence-corrected chi connectivity index (χ4v) is 2.98. The van der Waals surface area contributed by atoms with Gasteiger partial charge in [0.2, 0.25) is 5.91 Å². The monoisotopic (exact) mass is 392 g/mol. The molecule has 8 heteroatoms. The molecule has 0 spiro atoms. The van der Waals surface area contributed by atoms with Gasteiger partial charge in [-0.05, 0) is 36.4 Å². The number of aryl methyl sites for hydroxylation is 2. The van der Waals surface area contributed by atoms with Gasteiger partial charge in [0.1, 0.15) is 18.2 Å². The van der Waals surface area contributed by atoms with Gasteiger partial charge in [0.25, 0.3) is 0 Å². The minimum atomic E-state index is -0.465. The molecule has 148 valence electrons. The number of carbonyl (C=O) groups excluding carboxylic acids is 1. The number of para-hydroxylation sites is 2. The summed E-state index contributed by atoms with van der Waals surface area (Å²) >= 11 is 0. The Morgan fingerprint density at radius 1 is 1.17 bits per heavy atom. The molecule has 1 amide bonds. The molecule has 0 saturated heterocycles. The van der Waals surface area contributed by atoms with Crippen LogP contribution in [-0.4, -0.2) is 20.0 Å². The van der Waals surface area contributed by atoms with Gasteiger partial charge in [-0.25, -0.2) is 9.78 Å². The molecule has 0 fully saturated rings. The SMILES string of the molecule is Cn1ccnc1COc1ccc(NC(=O)CCn2c(=O)oc3ccccc32)cc1. The van der Waals surface area contributed by atoms with Gasteiger partial charge in [-0.2, -0.15) is 0 Å². The van der Waals surface area contributed by atoms with Crippen LogP contribution in [0.4, 0.5) is 5.69 Å². The van der Waals surface area contributed by atoms with Crippen molar-refractivity contribution in [3.8, 4) is 5.75 Å². The number of rotatable bonds is 7. The lowest BCUT2D eigenvalue weighted by atomic mass is 10.3. The van der Waals surface area contributed by atoms with Crippen LogP contribution in [0.1, 0.15) is 12.2 Å². The van der Waals surface area contributed by atoms with Crippen molar-refractivity contribution in [2.75, 3.05) is 5.32 Å². The second kappa shape index (κ2) is 8.05. The van der Waals surface area contributed by atoms with Gasteiger partial charge in [0.15, 0.2) is 5.58 Å². The third kappa shape index (κ3) is 4.21. The van der Waals surface area contributed by atoms with Crippen LogP contribution >= 0.6 is 0 Å². The number of benzene rings is 2. The van der Waals surface area contributed by atoms with Crippen LogP contribution in [0.3, 0.4) is 0 Å². The standard InChI is InChI=1S/C21H20N4O4/c1-24-13-11-22-19(24)14-28-16-8-6-15(7-9-16)23-20(26)10-12-25-17-4-2-3-5-18(17)29-21(25)27/h2-9,11,13H,10,12,14H2,1H3,(H,23,26). The topological polar surface area (TPSA) is 91.3 Å². The summed E-state index contributed by atoms with van der Waals surface area (Å²) in [6, 6.07) is 14.2. The van der Waals surface area contributed by atoms with Gasteiger partial charge >= 0.3 is 5.76 Å². The number of nitrogens with one attached hydrogen (secondary N) is 1. The van der Waals surface area contributed by atoms with E-state index >= 15 is 0 Å². The van der Waals surface area contributed by atoms with E-state index in [1.54, 1.807) is 48.7 Å². The van der Waals surface area contributed by atoms with E-state index in [9.17, 15) is 9.59 Å². The number of fused-ring (bicyclic) bond motifs is 1. The third-order valence-electron chi connectivity index (χ3n) is 4.56. The minimum Gasteiger partial charge on any atom is -0.486 e. The average molecular weight is 392 g/mol. The number of oxazole rings is 1. The molecule has 0 unspecified atom stereocenters. The van der Waals surface area contributed by atoms with E-state index in [4.69, 9.17) is 9.15 Å². The first-order valence-electron chi connectivity index (χ1n) is 9.17. The predicted octanol–water partition coefficient (Wildman–Crippen LogP) is 2.94. The van der Waals surface area contributed by atoms with E-state index in [0.717, 1.165) is 5.82 Å². The van der Waals surface area contributed by atoms with Crippen LogP contribution in [0.15, 0.2) is 70.1 Å². The summed E-state index contributed by atoms with van der Waals surface area (Å²) in [5.74, 6) is 0.851. The summed E-state index contributed by atoms with van der Waals surface area (Å²) in [4.78, 5) is 28.4. The van der Waals surface area contributed by atoms with Gasteiger partial charge < -0.3 is 19.0 Å². The van der Waals surface area contributed by atoms with Crippen LogP contribution in [0.2, 0.25) is 0 Å². The lowest BCUT2D eigenvalue weighted by molar-refractivity contribution is -0.116. The molecule has 8 nitrogen and oxygen atoms in total. The molecule has 2 aromatic heterocycles. The Morgan fingerprint density at radius 3 is 2.72 bits per heavy atom. The van der Waals surface area contributed by atoms with Crippen LogP contribution in [0.25, 0.3) is 11.1 Å². The molecule has 2 heterocycles. The van der Waals surface area contributed by atoms with Crippen molar-refractivity contribution in [3.63, 3.8) is 0 Å². The van der Waals surface area contributed by atoms with Crippen molar-refractivity contribution in [2.45, 2.75) is 19.6 Å². The molecule has 0 radical (unpaired) electrons. The van der Waals surface area contributed by atoms with E-state index in [0.29, 0.717) is 29.1 Å². The average Bonchev–Trinajstić information content (AvgIpc) is 3.27. The Balaban J connectivity index is 1.32. The molecular formula is C21H20N4O4. The zero-order valence-electron chi connectivity index (χ0n) is 15.9. The smallest absolute Gasteiger partial charge is 0.419 e. The van der Waals surface area contributed by atoms with E-state index < -0.39 is 5.76 Å². The molecular weight excluding hydrogens is 372 g/mol. The molecule has 29 heavy (non-hydrogen) atoms. The van der Waals surface area contributed by atoms with Crippen molar-refractivity contribution in [3.05, 3.63) is 77.3 Å². The second-order valence-corrected chi connectivity index (χ2v) is 6.55. The zero-order valence-corrected chi connectivity index (χ0v) is 15.9. The Hall–Kier alpha value is -3.81. The third-order valence-corrected chi connectivity index (χ3v) is 4.56. The van der Waals surface area contributed by atoms with Crippen LogP contribution in [-0.2, 0) is 25.0 Å². The first kappa shape index (κ1) is 18.5. The van der Waals surface area contributed by atoms with Gasteiger partial charge in [0.05, 0.1) is 5.52 Å². The number of amides is 1. The molecule has 0 aliphatic rings. The largest absolute Gasteiger partial charge is 0.486 e. The van der Waals surface area contributed by atoms with E-state index in [-0.39, 0.29) is 18.9 Å². The second-order valence-electron chi connectivity index (χ2n) is 6.55. The number of hydrogen-bond donors (Lipinski definition) is 1. The molecule has 0 aliphatic heterocycles. The summed E-state index contributed by atoms with van der Waals surface area (Å²) in [6.45, 7) is 0.606. The highest BCUT2D eigenvalue weighted by atomic mass is 16.5. The lowest BCUT2D eigenvalue weighted by Gasteiger charge is -2.09. The van der Waals surface area contributed by atoms with Crippen molar-refractivity contribution in [1.82, 2.24) is 14.1 Å². The minimum absolute atomic E-state index is 0.154. The van der Waals surface area contributed by atoms with Crippen LogP contribution in [0.5, 0.6) is 5.75 Å². The number of imidazole rings is 1. The number of aromatic nitrogens is 3. The summed E-state index contributed by atoms with van der Waals surface area (Å²) in [6.07, 6.45) is 3.73. The van der Waals surface area contributed by atoms with Gasteiger partial charge in [-0.1, -0.05) is 12.1 Å². The normalized spacial score (nSPS) is 10.9. The molecule has 0 atom stereocenters. The molecule has 4 aromatic rings. The Labute approximate surface area is 166 Å². The molecule has 0 saturated carbocycles. The maximum absolute atomic E-state index is 12.3. The fraction of sp³-hybridized carbons (Fsp3) is 0.190. The summed E-state index contributed by atoms with van der Waals surface area (Å²) in [7, 11) is 1.91. The lowest BCUT2D eigenvalue weighted by Crippen LogP contribution is -2.19. The molecule has 1 N–H and O–H groups in total. The van der Waals surface area contributed by atoms with Gasteiger partial charge in [-0.15, -0.1) is 0 Å². The number of ether oxygens (including phenoxy) is 1. The van der Waals surface area contributed by atoms with Crippen LogP contribution < -0.4 is 15.8 Å². The highest BCUT2D eigenvalue weighted by Crippen LogP contribution is 2.17. The van der Waals surface area contributed by atoms with Crippen molar-refractivity contribution >= 4 is 22.7 Å². The Kier molecular flexibility index (Phi) is 5.15. The van der Waals surface area contributed by atoms with Crippen molar-refractivity contribution < 1.29 is 13.9 Å². The summed E-state index contributed by atoms with van der Waals surface area (Å²) < 4.78 is 14.2. The zero-order chi connectivity index (χ0) is 20.2. The van der Waals surface area contributed by atoms with E-state index in [2.05, 4.69) is 10.3 Å². The van der Waals surface area contributed by atoms with E-state index in [1.165, 1.54) is 4.57 Å². The first-order chi connectivity index (χ1) is 14.1. The number of anilines is 1. The Morgan fingerprint density at radius 2 is 1.97 bits per heavy atom. The first-order valence-corrected chi connectivity index (χ1v) is 9.17. The van der Waals surface area contributed by atoms with Crippen LogP contribution in [0, 0.1) is 0 Å². The van der Waals surface area contributed by atoms with Gasteiger partial charge in [-0.3, -0.25) is 9.36 Å². The molecule has 0 aliphatic carbocycles. The predicted molar refractivity (Wildman–Crippen MR) is 108 cm³/mol. The highest BCUT2D eigenvalue weighted by Gasteiger charge is 2.10. The molecule has 4 rings (SSSR count). The van der Waals surface area contributed by atoms with Gasteiger partial charge in [0, 0.05) is 38.1 Å². The number of carbonyl (C=O) groups is 1. The quantitative estimate of drug-likeness (QED) is 0.522. The maximum atomic E-state index is 12.3. The summed E-state index contributed by atoms with van der Waals surface area (Å²) in [5.41, 5.74) is 1.85. The maximum Gasteiger partial charge on any atom is 0.419 e. The molecule has 0 bridgehead atoms. The highest BCUT2D eigenvalue weighted by molar-refractivity contribution is 5.90. The molecule has 2 aromatic carbocycles. The van der Waals surface area contributed by atoms with E-state index in [1.807, 2.05) is 23.9 Å². The number of hydrogen-bond acceptors (Lipinski definition) is 5. The number of nitrogens with zero attached hydrogens (tertiary/aromatic N) is 3. The Bertz CT molecular complexity index is 1190. The summed E-state index contributed by atoms with van der Waals surface area (Å²) in [5, 5.41) is 2.82. The fourth-order valence-electron chi connectivity index (χ4n) is 2.98. The van der Waals surface area contributed by atoms with Crippen molar-refractivity contribution in [2.24, 2.45) is 7.05 Å².